The highest BCUT2D eigenvalue weighted by molar-refractivity contribution is 5.46. The number of rotatable bonds is 3. The third-order valence-corrected chi connectivity index (χ3v) is 1.28. The van der Waals surface area contributed by atoms with Crippen LogP contribution in [0.4, 0.5) is 0 Å². The SMILES string of the molecule is C=C(O)/C=C/c1ccc(CO)o1. The quantitative estimate of drug-likeness (QED) is 0.532. The summed E-state index contributed by atoms with van der Waals surface area (Å²) >= 11 is 0. The Morgan fingerprint density at radius 3 is 2.83 bits per heavy atom. The lowest BCUT2D eigenvalue weighted by Crippen LogP contribution is -1.73. The molecule has 0 aliphatic heterocycles. The second-order valence-electron chi connectivity index (χ2n) is 2.29. The Bertz CT molecular complexity index is 296. The molecule has 64 valence electrons. The Balaban J connectivity index is 2.70. The maximum atomic E-state index is 8.71. The molecule has 0 amide bonds. The fraction of sp³-hybridized carbons (Fsp3) is 0.111. The van der Waals surface area contributed by atoms with Crippen LogP contribution in [0.15, 0.2) is 35.0 Å². The van der Waals surface area contributed by atoms with Gasteiger partial charge in [-0.05, 0) is 24.3 Å². The van der Waals surface area contributed by atoms with Gasteiger partial charge in [-0.3, -0.25) is 0 Å². The molecule has 1 aromatic rings. The van der Waals surface area contributed by atoms with E-state index in [1.54, 1.807) is 18.2 Å². The van der Waals surface area contributed by atoms with Crippen molar-refractivity contribution in [1.82, 2.24) is 0 Å². The minimum atomic E-state index is -0.117. The highest BCUT2D eigenvalue weighted by Crippen LogP contribution is 2.09. The van der Waals surface area contributed by atoms with Crippen LogP contribution >= 0.6 is 0 Å². The fourth-order valence-electron chi connectivity index (χ4n) is 0.747. The van der Waals surface area contributed by atoms with E-state index in [4.69, 9.17) is 14.6 Å². The molecule has 0 atom stereocenters. The van der Waals surface area contributed by atoms with E-state index in [1.807, 2.05) is 0 Å². The normalized spacial score (nSPS) is 10.8. The molecule has 1 aromatic heterocycles. The van der Waals surface area contributed by atoms with Gasteiger partial charge in [-0.2, -0.15) is 0 Å². The minimum Gasteiger partial charge on any atom is -0.509 e. The lowest BCUT2D eigenvalue weighted by molar-refractivity contribution is 0.246. The molecule has 2 N–H and O–H groups in total. The van der Waals surface area contributed by atoms with E-state index in [0.29, 0.717) is 11.5 Å². The van der Waals surface area contributed by atoms with Gasteiger partial charge < -0.3 is 14.6 Å². The first-order valence-electron chi connectivity index (χ1n) is 3.48. The molecule has 0 radical (unpaired) electrons. The second kappa shape index (κ2) is 3.78. The first-order valence-corrected chi connectivity index (χ1v) is 3.48. The van der Waals surface area contributed by atoms with Crippen LogP contribution in [0.1, 0.15) is 11.5 Å². The summed E-state index contributed by atoms with van der Waals surface area (Å²) in [6.07, 6.45) is 2.99. The smallest absolute Gasteiger partial charge is 0.130 e. The Labute approximate surface area is 70.3 Å². The molecular weight excluding hydrogens is 156 g/mol. The largest absolute Gasteiger partial charge is 0.509 e. The summed E-state index contributed by atoms with van der Waals surface area (Å²) in [4.78, 5) is 0. The van der Waals surface area contributed by atoms with E-state index >= 15 is 0 Å². The van der Waals surface area contributed by atoms with Crippen LogP contribution in [0.5, 0.6) is 0 Å². The van der Waals surface area contributed by atoms with Gasteiger partial charge in [0.2, 0.25) is 0 Å². The molecule has 0 saturated carbocycles. The zero-order chi connectivity index (χ0) is 8.97. The van der Waals surface area contributed by atoms with Crippen LogP contribution in [-0.2, 0) is 6.61 Å². The predicted octanol–water partition coefficient (Wildman–Crippen LogP) is 1.86. The lowest BCUT2D eigenvalue weighted by atomic mass is 10.4. The molecule has 0 bridgehead atoms. The molecule has 0 saturated heterocycles. The standard InChI is InChI=1S/C9H10O3/c1-7(11)2-3-8-4-5-9(6-10)12-8/h2-5,10-11H,1,6H2/b3-2+. The number of aliphatic hydroxyl groups excluding tert-OH is 2. The molecule has 1 rings (SSSR count). The summed E-state index contributed by atoms with van der Waals surface area (Å²) in [6.45, 7) is 3.16. The molecular formula is C9H10O3. The zero-order valence-electron chi connectivity index (χ0n) is 6.53. The van der Waals surface area contributed by atoms with E-state index < -0.39 is 0 Å². The molecule has 0 spiro atoms. The van der Waals surface area contributed by atoms with Crippen LogP contribution in [0.2, 0.25) is 0 Å². The Morgan fingerprint density at radius 2 is 2.33 bits per heavy atom. The molecule has 12 heavy (non-hydrogen) atoms. The number of hydrogen-bond donors (Lipinski definition) is 2. The number of allylic oxidation sites excluding steroid dienone is 1. The Morgan fingerprint density at radius 1 is 1.58 bits per heavy atom. The number of furan rings is 1. The average Bonchev–Trinajstić information content (AvgIpc) is 2.48. The van der Waals surface area contributed by atoms with Crippen molar-refractivity contribution in [2.75, 3.05) is 0 Å². The van der Waals surface area contributed by atoms with Gasteiger partial charge in [0.15, 0.2) is 0 Å². The summed E-state index contributed by atoms with van der Waals surface area (Å²) in [7, 11) is 0. The fourth-order valence-corrected chi connectivity index (χ4v) is 0.747. The molecule has 1 heterocycles. The molecule has 0 aliphatic carbocycles. The minimum absolute atomic E-state index is 0.0306. The third kappa shape index (κ3) is 2.29. The van der Waals surface area contributed by atoms with Gasteiger partial charge in [-0.15, -0.1) is 0 Å². The van der Waals surface area contributed by atoms with Crippen molar-refractivity contribution in [2.24, 2.45) is 0 Å². The number of aliphatic hydroxyl groups is 2. The van der Waals surface area contributed by atoms with Gasteiger partial charge in [0.1, 0.15) is 23.9 Å². The van der Waals surface area contributed by atoms with Crippen LogP contribution in [0.25, 0.3) is 6.08 Å². The van der Waals surface area contributed by atoms with Crippen molar-refractivity contribution in [1.29, 1.82) is 0 Å². The van der Waals surface area contributed by atoms with Crippen LogP contribution in [0, 0.1) is 0 Å². The van der Waals surface area contributed by atoms with Crippen LogP contribution < -0.4 is 0 Å². The average molecular weight is 166 g/mol. The van der Waals surface area contributed by atoms with Crippen molar-refractivity contribution in [3.63, 3.8) is 0 Å². The van der Waals surface area contributed by atoms with Crippen molar-refractivity contribution >= 4 is 6.08 Å². The first kappa shape index (κ1) is 8.62. The molecule has 0 unspecified atom stereocenters. The predicted molar refractivity (Wildman–Crippen MR) is 45.4 cm³/mol. The number of hydrogen-bond acceptors (Lipinski definition) is 3. The summed E-state index contributed by atoms with van der Waals surface area (Å²) < 4.78 is 5.09. The highest BCUT2D eigenvalue weighted by Gasteiger charge is 1.95. The van der Waals surface area contributed by atoms with E-state index in [9.17, 15) is 0 Å². The Hall–Kier alpha value is -1.48. The topological polar surface area (TPSA) is 53.6 Å². The molecule has 3 heteroatoms. The summed E-state index contributed by atoms with van der Waals surface area (Å²) in [5, 5.41) is 17.3. The third-order valence-electron chi connectivity index (χ3n) is 1.28. The van der Waals surface area contributed by atoms with Gasteiger partial charge in [-0.1, -0.05) is 6.58 Å². The monoisotopic (exact) mass is 166 g/mol. The van der Waals surface area contributed by atoms with E-state index in [-0.39, 0.29) is 12.4 Å². The maximum absolute atomic E-state index is 8.71. The summed E-state index contributed by atoms with van der Waals surface area (Å²) in [5.74, 6) is 1.05. The second-order valence-corrected chi connectivity index (χ2v) is 2.29. The maximum Gasteiger partial charge on any atom is 0.130 e. The van der Waals surface area contributed by atoms with Crippen LogP contribution in [0.3, 0.4) is 0 Å². The molecule has 0 fully saturated rings. The van der Waals surface area contributed by atoms with Crippen LogP contribution in [-0.4, -0.2) is 10.2 Å². The first-order chi connectivity index (χ1) is 5.72. The van der Waals surface area contributed by atoms with Crippen molar-refractivity contribution < 1.29 is 14.6 Å². The summed E-state index contributed by atoms with van der Waals surface area (Å²) in [5.41, 5.74) is 0. The lowest BCUT2D eigenvalue weighted by Gasteiger charge is -1.86. The van der Waals surface area contributed by atoms with Crippen molar-refractivity contribution in [3.8, 4) is 0 Å². The summed E-state index contributed by atoms with van der Waals surface area (Å²) in [6, 6.07) is 3.37. The Kier molecular flexibility index (Phi) is 2.71. The van der Waals surface area contributed by atoms with Gasteiger partial charge >= 0.3 is 0 Å². The van der Waals surface area contributed by atoms with Crippen molar-refractivity contribution in [2.45, 2.75) is 6.61 Å². The van der Waals surface area contributed by atoms with Gasteiger partial charge in [0.05, 0.1) is 0 Å². The van der Waals surface area contributed by atoms with Gasteiger partial charge in [0, 0.05) is 0 Å². The van der Waals surface area contributed by atoms with E-state index in [0.717, 1.165) is 0 Å². The molecule has 0 aromatic carbocycles. The van der Waals surface area contributed by atoms with Gasteiger partial charge in [0.25, 0.3) is 0 Å². The highest BCUT2D eigenvalue weighted by atomic mass is 16.4. The van der Waals surface area contributed by atoms with E-state index in [1.165, 1.54) is 6.08 Å². The van der Waals surface area contributed by atoms with E-state index in [2.05, 4.69) is 6.58 Å². The van der Waals surface area contributed by atoms with Gasteiger partial charge in [-0.25, -0.2) is 0 Å². The zero-order valence-corrected chi connectivity index (χ0v) is 6.53. The molecule has 3 nitrogen and oxygen atoms in total. The molecule has 0 aliphatic rings. The van der Waals surface area contributed by atoms with Crippen molar-refractivity contribution in [3.05, 3.63) is 42.1 Å².